The van der Waals surface area contributed by atoms with E-state index in [1.807, 2.05) is 79.9 Å². The van der Waals surface area contributed by atoms with Gasteiger partial charge in [-0.3, -0.25) is 4.98 Å². The number of rotatable bonds is 5. The Morgan fingerprint density at radius 1 is 0.938 bits per heavy atom. The van der Waals surface area contributed by atoms with Crippen molar-refractivity contribution in [2.45, 2.75) is 13.8 Å². The number of aromatic nitrogens is 3. The molecule has 0 aliphatic heterocycles. The maximum absolute atomic E-state index is 5.67. The average Bonchev–Trinajstić information content (AvgIpc) is 3.24. The molecule has 0 spiro atoms. The SMILES string of the molecule is C=C/C=C(\c1ccccc1C)c1cn(C(=S)Nc2ccccc2)nc1-c1cccc(C)n1. The lowest BCUT2D eigenvalue weighted by molar-refractivity contribution is 0.947. The van der Waals surface area contributed by atoms with Crippen molar-refractivity contribution in [3.63, 3.8) is 0 Å². The van der Waals surface area contributed by atoms with E-state index in [0.717, 1.165) is 39.5 Å². The highest BCUT2D eigenvalue weighted by Gasteiger charge is 2.19. The Kier molecular flexibility index (Phi) is 6.38. The number of hydrogen-bond donors (Lipinski definition) is 1. The number of aryl methyl sites for hydroxylation is 2. The third-order valence-electron chi connectivity index (χ3n) is 5.09. The molecule has 1 N–H and O–H groups in total. The van der Waals surface area contributed by atoms with E-state index in [4.69, 9.17) is 22.3 Å². The first-order valence-electron chi connectivity index (χ1n) is 10.4. The molecule has 0 saturated carbocycles. The van der Waals surface area contributed by atoms with E-state index in [1.54, 1.807) is 10.8 Å². The van der Waals surface area contributed by atoms with Gasteiger partial charge in [-0.05, 0) is 67.0 Å². The first-order chi connectivity index (χ1) is 15.6. The number of nitrogens with zero attached hydrogens (tertiary/aromatic N) is 3. The van der Waals surface area contributed by atoms with Gasteiger partial charge in [-0.2, -0.15) is 5.10 Å². The van der Waals surface area contributed by atoms with Crippen molar-refractivity contribution in [2.75, 3.05) is 5.32 Å². The molecule has 0 saturated heterocycles. The van der Waals surface area contributed by atoms with Gasteiger partial charge in [-0.25, -0.2) is 4.68 Å². The molecule has 0 radical (unpaired) electrons. The van der Waals surface area contributed by atoms with Crippen LogP contribution in [0.4, 0.5) is 5.69 Å². The van der Waals surface area contributed by atoms with Crippen LogP contribution in [0.15, 0.2) is 97.7 Å². The summed E-state index contributed by atoms with van der Waals surface area (Å²) in [4.78, 5) is 4.73. The van der Waals surface area contributed by atoms with Crippen molar-refractivity contribution in [1.82, 2.24) is 14.8 Å². The molecule has 0 amide bonds. The highest BCUT2D eigenvalue weighted by molar-refractivity contribution is 7.80. The first kappa shape index (κ1) is 21.4. The molecule has 4 nitrogen and oxygen atoms in total. The Labute approximate surface area is 194 Å². The van der Waals surface area contributed by atoms with Crippen LogP contribution >= 0.6 is 12.2 Å². The van der Waals surface area contributed by atoms with Gasteiger partial charge in [-0.15, -0.1) is 0 Å². The van der Waals surface area contributed by atoms with Crippen molar-refractivity contribution in [3.8, 4) is 11.4 Å². The van der Waals surface area contributed by atoms with Crippen LogP contribution in [-0.4, -0.2) is 19.9 Å². The first-order valence-corrected chi connectivity index (χ1v) is 10.8. The summed E-state index contributed by atoms with van der Waals surface area (Å²) in [7, 11) is 0. The van der Waals surface area contributed by atoms with Crippen LogP contribution in [0, 0.1) is 13.8 Å². The second-order valence-corrected chi connectivity index (χ2v) is 7.81. The van der Waals surface area contributed by atoms with Gasteiger partial charge in [0.2, 0.25) is 0 Å². The van der Waals surface area contributed by atoms with Gasteiger partial charge in [0.25, 0.3) is 0 Å². The van der Waals surface area contributed by atoms with Gasteiger partial charge in [0.15, 0.2) is 5.11 Å². The van der Waals surface area contributed by atoms with Gasteiger partial charge in [-0.1, -0.05) is 67.3 Å². The molecule has 0 unspecified atom stereocenters. The van der Waals surface area contributed by atoms with Crippen molar-refractivity contribution in [2.24, 2.45) is 0 Å². The van der Waals surface area contributed by atoms with Crippen LogP contribution in [-0.2, 0) is 0 Å². The maximum Gasteiger partial charge on any atom is 0.198 e. The Hall–Kier alpha value is -3.83. The van der Waals surface area contributed by atoms with Crippen LogP contribution in [0.5, 0.6) is 0 Å². The molecule has 0 bridgehead atoms. The van der Waals surface area contributed by atoms with Gasteiger partial charge < -0.3 is 5.32 Å². The third kappa shape index (κ3) is 4.58. The fraction of sp³-hybridized carbons (Fsp3) is 0.0741. The van der Waals surface area contributed by atoms with Gasteiger partial charge in [0, 0.05) is 23.1 Å². The standard InChI is InChI=1S/C27H24N4S/c1-4-11-23(22-16-9-8-12-19(22)2)24-18-31(27(32)29-21-14-6-5-7-15-21)30-26(24)25-17-10-13-20(3)28-25/h4-18H,1H2,2-3H3,(H,29,32)/b23-11+. The Morgan fingerprint density at radius 3 is 2.41 bits per heavy atom. The van der Waals surface area contributed by atoms with Crippen molar-refractivity contribution in [3.05, 3.63) is 120 Å². The zero-order valence-corrected chi connectivity index (χ0v) is 18.9. The number of pyridine rings is 1. The zero-order chi connectivity index (χ0) is 22.5. The summed E-state index contributed by atoms with van der Waals surface area (Å²) in [5.74, 6) is 0. The lowest BCUT2D eigenvalue weighted by atomic mass is 9.93. The number of benzene rings is 2. The van der Waals surface area contributed by atoms with Crippen LogP contribution in [0.25, 0.3) is 17.0 Å². The molecule has 2 heterocycles. The highest BCUT2D eigenvalue weighted by atomic mass is 32.1. The number of nitrogens with one attached hydrogen (secondary N) is 1. The molecule has 0 atom stereocenters. The maximum atomic E-state index is 5.67. The number of hydrogen-bond acceptors (Lipinski definition) is 3. The molecule has 0 aliphatic carbocycles. The number of para-hydroxylation sites is 1. The van der Waals surface area contributed by atoms with Crippen LogP contribution in [0.2, 0.25) is 0 Å². The summed E-state index contributed by atoms with van der Waals surface area (Å²) >= 11 is 5.67. The number of thiocarbonyl (C=S) groups is 1. The minimum Gasteiger partial charge on any atom is -0.331 e. The second-order valence-electron chi connectivity index (χ2n) is 7.43. The van der Waals surface area contributed by atoms with E-state index in [-0.39, 0.29) is 0 Å². The van der Waals surface area contributed by atoms with Crippen molar-refractivity contribution in [1.29, 1.82) is 0 Å². The molecule has 32 heavy (non-hydrogen) atoms. The molecule has 4 rings (SSSR count). The summed E-state index contributed by atoms with van der Waals surface area (Å²) in [6.45, 7) is 8.01. The molecular weight excluding hydrogens is 412 g/mol. The largest absolute Gasteiger partial charge is 0.331 e. The highest BCUT2D eigenvalue weighted by Crippen LogP contribution is 2.33. The molecular formula is C27H24N4S. The third-order valence-corrected chi connectivity index (χ3v) is 5.38. The van der Waals surface area contributed by atoms with E-state index in [0.29, 0.717) is 5.11 Å². The second kappa shape index (κ2) is 9.54. The molecule has 0 fully saturated rings. The summed E-state index contributed by atoms with van der Waals surface area (Å²) in [6, 6.07) is 24.1. The Bertz CT molecular complexity index is 1300. The lowest BCUT2D eigenvalue weighted by Crippen LogP contribution is -2.19. The predicted octanol–water partition coefficient (Wildman–Crippen LogP) is 6.42. The molecule has 5 heteroatoms. The monoisotopic (exact) mass is 436 g/mol. The van der Waals surface area contributed by atoms with Gasteiger partial charge in [0.05, 0.1) is 5.69 Å². The van der Waals surface area contributed by atoms with Gasteiger partial charge >= 0.3 is 0 Å². The average molecular weight is 437 g/mol. The van der Waals surface area contributed by atoms with Crippen LogP contribution in [0.3, 0.4) is 0 Å². The molecule has 4 aromatic rings. The summed E-state index contributed by atoms with van der Waals surface area (Å²) in [5, 5.41) is 8.59. The fourth-order valence-corrected chi connectivity index (χ4v) is 3.77. The van der Waals surface area contributed by atoms with E-state index in [1.165, 1.54) is 5.56 Å². The lowest BCUT2D eigenvalue weighted by Gasteiger charge is -2.11. The van der Waals surface area contributed by atoms with Crippen LogP contribution in [0.1, 0.15) is 22.4 Å². The van der Waals surface area contributed by atoms with Crippen molar-refractivity contribution >= 4 is 28.6 Å². The molecule has 0 aliphatic rings. The normalized spacial score (nSPS) is 11.2. The Balaban J connectivity index is 1.86. The van der Waals surface area contributed by atoms with E-state index in [2.05, 4.69) is 31.0 Å². The zero-order valence-electron chi connectivity index (χ0n) is 18.1. The van der Waals surface area contributed by atoms with E-state index < -0.39 is 0 Å². The predicted molar refractivity (Wildman–Crippen MR) is 137 cm³/mol. The summed E-state index contributed by atoms with van der Waals surface area (Å²) < 4.78 is 1.70. The molecule has 2 aromatic carbocycles. The van der Waals surface area contributed by atoms with E-state index >= 15 is 0 Å². The summed E-state index contributed by atoms with van der Waals surface area (Å²) in [6.07, 6.45) is 5.77. The smallest absolute Gasteiger partial charge is 0.198 e. The number of allylic oxidation sites excluding steroid dienone is 2. The van der Waals surface area contributed by atoms with Gasteiger partial charge in [0.1, 0.15) is 5.69 Å². The van der Waals surface area contributed by atoms with E-state index in [9.17, 15) is 0 Å². The minimum absolute atomic E-state index is 0.485. The molecule has 2 aromatic heterocycles. The quantitative estimate of drug-likeness (QED) is 0.289. The molecule has 158 valence electrons. The van der Waals surface area contributed by atoms with Crippen LogP contribution < -0.4 is 5.32 Å². The van der Waals surface area contributed by atoms with Crippen molar-refractivity contribution < 1.29 is 0 Å². The topological polar surface area (TPSA) is 42.7 Å². The summed E-state index contributed by atoms with van der Waals surface area (Å²) in [5.41, 5.74) is 7.64. The Morgan fingerprint density at radius 2 is 1.69 bits per heavy atom. The number of anilines is 1. The fourth-order valence-electron chi connectivity index (χ4n) is 3.56. The minimum atomic E-state index is 0.485.